The third kappa shape index (κ3) is 2.95. The summed E-state index contributed by atoms with van der Waals surface area (Å²) < 4.78 is 0. The van der Waals surface area contributed by atoms with E-state index >= 15 is 0 Å². The van der Waals surface area contributed by atoms with Crippen molar-refractivity contribution in [1.82, 2.24) is 0 Å². The second kappa shape index (κ2) is 5.99. The minimum absolute atomic E-state index is 0.129. The second-order valence-electron chi connectivity index (χ2n) is 4.03. The normalized spacial score (nSPS) is 10.9. The van der Waals surface area contributed by atoms with E-state index in [9.17, 15) is 15.0 Å². The van der Waals surface area contributed by atoms with Gasteiger partial charge in [0.1, 0.15) is 21.5 Å². The molecule has 0 aromatic heterocycles. The van der Waals surface area contributed by atoms with Gasteiger partial charge in [0.2, 0.25) is 0 Å². The molecule has 0 atom stereocenters. The summed E-state index contributed by atoms with van der Waals surface area (Å²) in [5.74, 6) is -0.775. The summed E-state index contributed by atoms with van der Waals surface area (Å²) >= 11 is 11.4. The van der Waals surface area contributed by atoms with Crippen LogP contribution in [-0.2, 0) is 0 Å². The molecule has 102 valence electrons. The number of phenolic OH excluding ortho intramolecular Hbond substituents is 2. The van der Waals surface area contributed by atoms with Gasteiger partial charge in [0.15, 0.2) is 5.78 Å². The lowest BCUT2D eigenvalue weighted by molar-refractivity contribution is 0.104. The lowest BCUT2D eigenvalue weighted by Gasteiger charge is -2.05. The van der Waals surface area contributed by atoms with Gasteiger partial charge in [0.05, 0.1) is 0 Å². The standard InChI is InChI=1S/C15H10Cl2O3/c16-13-12(19)8-10(15(20)14(13)17)6-7-11(18)9-4-2-1-3-5-9/h1-8,19-20H/b7-6+. The molecule has 3 nitrogen and oxygen atoms in total. The highest BCUT2D eigenvalue weighted by molar-refractivity contribution is 6.44. The van der Waals surface area contributed by atoms with Crippen LogP contribution in [0.3, 0.4) is 0 Å². The monoisotopic (exact) mass is 308 g/mol. The maximum absolute atomic E-state index is 11.9. The van der Waals surface area contributed by atoms with Crippen molar-refractivity contribution in [2.45, 2.75) is 0 Å². The van der Waals surface area contributed by atoms with E-state index in [-0.39, 0.29) is 32.9 Å². The van der Waals surface area contributed by atoms with Crippen LogP contribution in [0, 0.1) is 0 Å². The highest BCUT2D eigenvalue weighted by Crippen LogP contribution is 2.40. The fourth-order valence-electron chi connectivity index (χ4n) is 1.61. The Morgan fingerprint density at radius 1 is 1.05 bits per heavy atom. The van der Waals surface area contributed by atoms with Gasteiger partial charge in [-0.05, 0) is 18.2 Å². The van der Waals surface area contributed by atoms with Crippen LogP contribution in [0.4, 0.5) is 0 Å². The zero-order valence-corrected chi connectivity index (χ0v) is 11.7. The van der Waals surface area contributed by atoms with Crippen LogP contribution in [0.5, 0.6) is 11.5 Å². The van der Waals surface area contributed by atoms with Crippen LogP contribution >= 0.6 is 23.2 Å². The van der Waals surface area contributed by atoms with E-state index in [1.54, 1.807) is 24.3 Å². The minimum atomic E-state index is -0.286. The Morgan fingerprint density at radius 2 is 1.70 bits per heavy atom. The highest BCUT2D eigenvalue weighted by Gasteiger charge is 2.13. The number of hydrogen-bond donors (Lipinski definition) is 2. The van der Waals surface area contributed by atoms with Crippen molar-refractivity contribution in [1.29, 1.82) is 0 Å². The first-order valence-electron chi connectivity index (χ1n) is 5.68. The topological polar surface area (TPSA) is 57.5 Å². The molecule has 0 aliphatic carbocycles. The molecule has 2 aromatic rings. The van der Waals surface area contributed by atoms with Gasteiger partial charge in [-0.25, -0.2) is 0 Å². The Morgan fingerprint density at radius 3 is 2.35 bits per heavy atom. The Hall–Kier alpha value is -1.97. The summed E-state index contributed by atoms with van der Waals surface area (Å²) in [6, 6.07) is 9.91. The van der Waals surface area contributed by atoms with Gasteiger partial charge in [-0.2, -0.15) is 0 Å². The van der Waals surface area contributed by atoms with Crippen LogP contribution in [0.15, 0.2) is 42.5 Å². The van der Waals surface area contributed by atoms with Crippen LogP contribution < -0.4 is 0 Å². The number of benzene rings is 2. The Balaban J connectivity index is 2.31. The number of phenols is 2. The largest absolute Gasteiger partial charge is 0.506 e. The fourth-order valence-corrected chi connectivity index (χ4v) is 1.96. The smallest absolute Gasteiger partial charge is 0.185 e. The summed E-state index contributed by atoms with van der Waals surface area (Å²) in [5.41, 5.74) is 0.730. The summed E-state index contributed by atoms with van der Waals surface area (Å²) in [6.45, 7) is 0. The Labute approximate surface area is 125 Å². The Bertz CT molecular complexity index is 679. The lowest BCUT2D eigenvalue weighted by Crippen LogP contribution is -1.92. The van der Waals surface area contributed by atoms with Crippen LogP contribution in [0.2, 0.25) is 10.0 Å². The van der Waals surface area contributed by atoms with Crippen LogP contribution in [0.1, 0.15) is 15.9 Å². The van der Waals surface area contributed by atoms with Gasteiger partial charge >= 0.3 is 0 Å². The molecule has 0 radical (unpaired) electrons. The first-order valence-corrected chi connectivity index (χ1v) is 6.43. The first kappa shape index (κ1) is 14.4. The number of ketones is 1. The van der Waals surface area contributed by atoms with Gasteiger partial charge in [-0.3, -0.25) is 4.79 Å². The SMILES string of the molecule is O=C(/C=C/c1cc(O)c(Cl)c(Cl)c1O)c1ccccc1. The van der Waals surface area contributed by atoms with Crippen LogP contribution in [-0.4, -0.2) is 16.0 Å². The van der Waals surface area contributed by atoms with E-state index < -0.39 is 0 Å². The van der Waals surface area contributed by atoms with Crippen molar-refractivity contribution in [3.05, 3.63) is 63.6 Å². The fraction of sp³-hybridized carbons (Fsp3) is 0. The van der Waals surface area contributed by atoms with E-state index in [1.165, 1.54) is 18.2 Å². The average Bonchev–Trinajstić information content (AvgIpc) is 2.48. The van der Waals surface area contributed by atoms with E-state index in [1.807, 2.05) is 6.07 Å². The van der Waals surface area contributed by atoms with E-state index in [2.05, 4.69) is 0 Å². The quantitative estimate of drug-likeness (QED) is 0.505. The molecule has 0 amide bonds. The van der Waals surface area contributed by atoms with Gasteiger partial charge in [0, 0.05) is 11.1 Å². The molecule has 0 heterocycles. The predicted molar refractivity (Wildman–Crippen MR) is 79.6 cm³/mol. The number of rotatable bonds is 3. The maximum Gasteiger partial charge on any atom is 0.185 e. The van der Waals surface area contributed by atoms with Crippen molar-refractivity contribution >= 4 is 35.1 Å². The van der Waals surface area contributed by atoms with E-state index in [4.69, 9.17) is 23.2 Å². The molecule has 0 bridgehead atoms. The van der Waals surface area contributed by atoms with Crippen molar-refractivity contribution in [3.8, 4) is 11.5 Å². The summed E-state index contributed by atoms with van der Waals surface area (Å²) in [4.78, 5) is 11.9. The molecular formula is C15H10Cl2O3. The highest BCUT2D eigenvalue weighted by atomic mass is 35.5. The minimum Gasteiger partial charge on any atom is -0.506 e. The molecule has 0 spiro atoms. The molecule has 0 saturated heterocycles. The first-order chi connectivity index (χ1) is 9.50. The van der Waals surface area contributed by atoms with Gasteiger partial charge < -0.3 is 10.2 Å². The molecule has 2 N–H and O–H groups in total. The van der Waals surface area contributed by atoms with Gasteiger partial charge in [-0.15, -0.1) is 0 Å². The molecule has 2 rings (SSSR count). The molecule has 0 aliphatic rings. The lowest BCUT2D eigenvalue weighted by atomic mass is 10.1. The molecule has 20 heavy (non-hydrogen) atoms. The van der Waals surface area contributed by atoms with Gasteiger partial charge in [0.25, 0.3) is 0 Å². The van der Waals surface area contributed by atoms with Gasteiger partial charge in [-0.1, -0.05) is 53.5 Å². The number of allylic oxidation sites excluding steroid dienone is 1. The molecule has 2 aromatic carbocycles. The van der Waals surface area contributed by atoms with Crippen LogP contribution in [0.25, 0.3) is 6.08 Å². The molecule has 0 fully saturated rings. The average molecular weight is 309 g/mol. The molecule has 5 heteroatoms. The number of carbonyl (C=O) groups is 1. The second-order valence-corrected chi connectivity index (χ2v) is 4.78. The zero-order valence-electron chi connectivity index (χ0n) is 10.2. The number of aromatic hydroxyl groups is 2. The summed E-state index contributed by atoms with van der Waals surface area (Å²) in [6.07, 6.45) is 2.65. The molecule has 0 saturated carbocycles. The third-order valence-corrected chi connectivity index (χ3v) is 3.51. The van der Waals surface area contributed by atoms with E-state index in [0.717, 1.165) is 0 Å². The van der Waals surface area contributed by atoms with Crippen molar-refractivity contribution in [3.63, 3.8) is 0 Å². The molecule has 0 aliphatic heterocycles. The number of hydrogen-bond acceptors (Lipinski definition) is 3. The maximum atomic E-state index is 11.9. The predicted octanol–water partition coefficient (Wildman–Crippen LogP) is 4.30. The molecular weight excluding hydrogens is 299 g/mol. The number of carbonyl (C=O) groups excluding carboxylic acids is 1. The zero-order chi connectivity index (χ0) is 14.7. The summed E-state index contributed by atoms with van der Waals surface area (Å²) in [5, 5.41) is 19.1. The Kier molecular flexibility index (Phi) is 4.32. The third-order valence-electron chi connectivity index (χ3n) is 2.66. The van der Waals surface area contributed by atoms with Crippen molar-refractivity contribution in [2.24, 2.45) is 0 Å². The van der Waals surface area contributed by atoms with E-state index in [0.29, 0.717) is 5.56 Å². The molecule has 0 unspecified atom stereocenters. The van der Waals surface area contributed by atoms with Crippen molar-refractivity contribution < 1.29 is 15.0 Å². The number of halogens is 2. The van der Waals surface area contributed by atoms with Crippen molar-refractivity contribution in [2.75, 3.05) is 0 Å². The summed E-state index contributed by atoms with van der Waals surface area (Å²) in [7, 11) is 0.